The number of hydrogen-bond donors (Lipinski definition) is 2. The zero-order chi connectivity index (χ0) is 16.9. The highest BCUT2D eigenvalue weighted by molar-refractivity contribution is 5.67. The number of aryl methyl sites for hydroxylation is 1. The van der Waals surface area contributed by atoms with Crippen LogP contribution in [0.2, 0.25) is 0 Å². The van der Waals surface area contributed by atoms with Gasteiger partial charge in [-0.15, -0.1) is 0 Å². The van der Waals surface area contributed by atoms with Crippen molar-refractivity contribution in [3.8, 4) is 17.3 Å². The molecule has 4 rings (SSSR count). The van der Waals surface area contributed by atoms with Crippen molar-refractivity contribution in [2.24, 2.45) is 0 Å². The van der Waals surface area contributed by atoms with Crippen LogP contribution in [0.3, 0.4) is 0 Å². The van der Waals surface area contributed by atoms with E-state index in [9.17, 15) is 9.90 Å². The van der Waals surface area contributed by atoms with Crippen LogP contribution in [0.1, 0.15) is 24.1 Å². The fourth-order valence-electron chi connectivity index (χ4n) is 3.76. The molecule has 122 valence electrons. The van der Waals surface area contributed by atoms with Crippen LogP contribution >= 0.6 is 0 Å². The molecule has 3 N–H and O–H groups in total. The van der Waals surface area contributed by atoms with E-state index < -0.39 is 6.09 Å². The lowest BCUT2D eigenvalue weighted by atomic mass is 9.82. The van der Waals surface area contributed by atoms with Crippen LogP contribution in [0.25, 0.3) is 11.3 Å². The normalized spacial score (nSPS) is 21.9. The van der Waals surface area contributed by atoms with E-state index in [1.54, 1.807) is 12.3 Å². The Morgan fingerprint density at radius 1 is 1.38 bits per heavy atom. The van der Waals surface area contributed by atoms with Crippen molar-refractivity contribution in [3.63, 3.8) is 0 Å². The molecule has 1 amide bonds. The maximum atomic E-state index is 11.2. The summed E-state index contributed by atoms with van der Waals surface area (Å²) in [7, 11) is 0. The molecular formula is C16H16N6O2. The summed E-state index contributed by atoms with van der Waals surface area (Å²) in [5.74, 6) is 0.206. The van der Waals surface area contributed by atoms with Crippen LogP contribution < -0.4 is 5.73 Å². The van der Waals surface area contributed by atoms with Crippen molar-refractivity contribution in [1.29, 1.82) is 5.26 Å². The van der Waals surface area contributed by atoms with Gasteiger partial charge in [0.15, 0.2) is 0 Å². The number of pyridine rings is 1. The quantitative estimate of drug-likeness (QED) is 0.818. The van der Waals surface area contributed by atoms with Gasteiger partial charge in [-0.2, -0.15) is 10.4 Å². The predicted molar refractivity (Wildman–Crippen MR) is 85.1 cm³/mol. The smallest absolute Gasteiger partial charge is 0.407 e. The second-order valence-corrected chi connectivity index (χ2v) is 6.39. The third-order valence-corrected chi connectivity index (χ3v) is 5.08. The number of nitriles is 1. The van der Waals surface area contributed by atoms with Gasteiger partial charge in [-0.25, -0.2) is 9.78 Å². The van der Waals surface area contributed by atoms with Gasteiger partial charge >= 0.3 is 6.09 Å². The SMILES string of the molecule is N#Cc1cc(-c2cc3n(n2)CC[C@@]32CCN(C(=O)O)C2)cnc1N. The van der Waals surface area contributed by atoms with E-state index in [-0.39, 0.29) is 11.2 Å². The van der Waals surface area contributed by atoms with Crippen molar-refractivity contribution < 1.29 is 9.90 Å². The fourth-order valence-corrected chi connectivity index (χ4v) is 3.76. The first-order chi connectivity index (χ1) is 11.5. The zero-order valence-electron chi connectivity index (χ0n) is 12.9. The van der Waals surface area contributed by atoms with E-state index in [0.29, 0.717) is 18.7 Å². The topological polar surface area (TPSA) is 121 Å². The van der Waals surface area contributed by atoms with Crippen molar-refractivity contribution >= 4 is 11.9 Å². The van der Waals surface area contributed by atoms with E-state index in [4.69, 9.17) is 11.0 Å². The second-order valence-electron chi connectivity index (χ2n) is 6.39. The van der Waals surface area contributed by atoms with Gasteiger partial charge in [0.1, 0.15) is 11.9 Å². The Labute approximate surface area is 138 Å². The molecule has 24 heavy (non-hydrogen) atoms. The van der Waals surface area contributed by atoms with Gasteiger partial charge in [-0.05, 0) is 25.0 Å². The number of hydrogen-bond acceptors (Lipinski definition) is 5. The highest BCUT2D eigenvalue weighted by Crippen LogP contribution is 2.43. The molecular weight excluding hydrogens is 308 g/mol. The molecule has 0 radical (unpaired) electrons. The minimum Gasteiger partial charge on any atom is -0.465 e. The predicted octanol–water partition coefficient (Wildman–Crippen LogP) is 1.42. The molecule has 1 fully saturated rings. The first-order valence-corrected chi connectivity index (χ1v) is 7.75. The monoisotopic (exact) mass is 324 g/mol. The molecule has 2 aromatic heterocycles. The minimum absolute atomic E-state index is 0.150. The summed E-state index contributed by atoms with van der Waals surface area (Å²) in [5, 5.41) is 22.9. The van der Waals surface area contributed by atoms with Gasteiger partial charge in [-0.3, -0.25) is 4.68 Å². The number of fused-ring (bicyclic) bond motifs is 2. The van der Waals surface area contributed by atoms with Crippen LogP contribution in [0, 0.1) is 11.3 Å². The average Bonchev–Trinajstić information content (AvgIpc) is 3.25. The molecule has 0 saturated carbocycles. The molecule has 0 aromatic carbocycles. The Balaban J connectivity index is 1.71. The number of nitrogen functional groups attached to an aromatic ring is 1. The Morgan fingerprint density at radius 3 is 2.88 bits per heavy atom. The average molecular weight is 324 g/mol. The standard InChI is InChI=1S/C16H16N6O2/c17-7-10-5-11(8-19-14(10)18)12-6-13-16(2-4-22(13)20-12)1-3-21(9-16)15(23)24/h5-6,8H,1-4,9H2,(H2,18,19)(H,23,24)/t16-/m1/s1. The molecule has 4 heterocycles. The highest BCUT2D eigenvalue weighted by atomic mass is 16.4. The van der Waals surface area contributed by atoms with Gasteiger partial charge < -0.3 is 15.7 Å². The number of amides is 1. The third-order valence-electron chi connectivity index (χ3n) is 5.08. The maximum absolute atomic E-state index is 11.2. The number of carboxylic acid groups (broad SMARTS) is 1. The Kier molecular flexibility index (Phi) is 3.00. The molecule has 0 bridgehead atoms. The summed E-state index contributed by atoms with van der Waals surface area (Å²) in [6, 6.07) is 5.71. The van der Waals surface area contributed by atoms with E-state index in [1.807, 2.05) is 16.8 Å². The lowest BCUT2D eigenvalue weighted by Gasteiger charge is -2.21. The summed E-state index contributed by atoms with van der Waals surface area (Å²) in [4.78, 5) is 16.8. The lowest BCUT2D eigenvalue weighted by Crippen LogP contribution is -2.32. The Bertz CT molecular complexity index is 883. The molecule has 2 aliphatic heterocycles. The molecule has 0 aliphatic carbocycles. The van der Waals surface area contributed by atoms with Gasteiger partial charge in [0.2, 0.25) is 0 Å². The van der Waals surface area contributed by atoms with E-state index >= 15 is 0 Å². The summed E-state index contributed by atoms with van der Waals surface area (Å²) in [6.45, 7) is 1.84. The van der Waals surface area contributed by atoms with Crippen LogP contribution in [0.4, 0.5) is 10.6 Å². The second kappa shape index (κ2) is 4.96. The Morgan fingerprint density at radius 2 is 2.17 bits per heavy atom. The van der Waals surface area contributed by atoms with Crippen LogP contribution in [0.15, 0.2) is 18.3 Å². The number of rotatable bonds is 1. The maximum Gasteiger partial charge on any atom is 0.407 e. The number of nitrogens with zero attached hydrogens (tertiary/aromatic N) is 5. The molecule has 2 aliphatic rings. The number of anilines is 1. The van der Waals surface area contributed by atoms with Crippen LogP contribution in [-0.2, 0) is 12.0 Å². The highest BCUT2D eigenvalue weighted by Gasteiger charge is 2.46. The summed E-state index contributed by atoms with van der Waals surface area (Å²) in [6.07, 6.45) is 2.46. The van der Waals surface area contributed by atoms with Crippen LogP contribution in [-0.4, -0.2) is 44.0 Å². The molecule has 2 aromatic rings. The summed E-state index contributed by atoms with van der Waals surface area (Å²) < 4.78 is 1.95. The molecule has 1 spiro atoms. The van der Waals surface area contributed by atoms with Crippen molar-refractivity contribution in [2.75, 3.05) is 18.8 Å². The van der Waals surface area contributed by atoms with Crippen molar-refractivity contribution in [3.05, 3.63) is 29.6 Å². The van der Waals surface area contributed by atoms with E-state index in [2.05, 4.69) is 10.1 Å². The third kappa shape index (κ3) is 2.01. The molecule has 8 heteroatoms. The number of nitrogens with two attached hydrogens (primary N) is 1. The lowest BCUT2D eigenvalue weighted by molar-refractivity contribution is 0.153. The zero-order valence-corrected chi connectivity index (χ0v) is 12.9. The van der Waals surface area contributed by atoms with Crippen LogP contribution in [0.5, 0.6) is 0 Å². The van der Waals surface area contributed by atoms with Gasteiger partial charge in [0, 0.05) is 42.5 Å². The number of carbonyl (C=O) groups is 1. The van der Waals surface area contributed by atoms with E-state index in [0.717, 1.165) is 36.3 Å². The Hall–Kier alpha value is -3.08. The van der Waals surface area contributed by atoms with Crippen molar-refractivity contribution in [2.45, 2.75) is 24.8 Å². The summed E-state index contributed by atoms with van der Waals surface area (Å²) in [5.41, 5.74) is 8.39. The van der Waals surface area contributed by atoms with Crippen molar-refractivity contribution in [1.82, 2.24) is 19.7 Å². The molecule has 1 saturated heterocycles. The first-order valence-electron chi connectivity index (χ1n) is 7.75. The number of likely N-dealkylation sites (tertiary alicyclic amines) is 1. The van der Waals surface area contributed by atoms with Gasteiger partial charge in [0.05, 0.1) is 11.3 Å². The molecule has 1 atom stereocenters. The first kappa shape index (κ1) is 14.5. The number of aromatic nitrogens is 3. The van der Waals surface area contributed by atoms with Gasteiger partial charge in [-0.1, -0.05) is 0 Å². The summed E-state index contributed by atoms with van der Waals surface area (Å²) >= 11 is 0. The van der Waals surface area contributed by atoms with Gasteiger partial charge in [0.25, 0.3) is 0 Å². The fraction of sp³-hybridized carbons (Fsp3) is 0.375. The van der Waals surface area contributed by atoms with E-state index in [1.165, 1.54) is 4.90 Å². The largest absolute Gasteiger partial charge is 0.465 e. The minimum atomic E-state index is -0.869. The molecule has 0 unspecified atom stereocenters. The molecule has 8 nitrogen and oxygen atoms in total.